The van der Waals surface area contributed by atoms with Gasteiger partial charge in [0.1, 0.15) is 25.1 Å². The molecule has 3 aromatic rings. The van der Waals surface area contributed by atoms with Gasteiger partial charge in [-0.05, 0) is 43.0 Å². The number of fused-ring (bicyclic) bond motifs is 1. The maximum atomic E-state index is 14.9. The van der Waals surface area contributed by atoms with Gasteiger partial charge in [0, 0.05) is 43.6 Å². The van der Waals surface area contributed by atoms with Crippen molar-refractivity contribution in [3.63, 3.8) is 0 Å². The van der Waals surface area contributed by atoms with Crippen LogP contribution in [0.5, 0.6) is 11.5 Å². The number of sulfonamides is 1. The van der Waals surface area contributed by atoms with Gasteiger partial charge in [-0.15, -0.1) is 0 Å². The van der Waals surface area contributed by atoms with Gasteiger partial charge in [0.25, 0.3) is 0 Å². The molecule has 1 aliphatic carbocycles. The number of hydrogen-bond donors (Lipinski definition) is 1. The zero-order valence-corrected chi connectivity index (χ0v) is 26.3. The van der Waals surface area contributed by atoms with Crippen LogP contribution in [-0.4, -0.2) is 63.2 Å². The predicted molar refractivity (Wildman–Crippen MR) is 170 cm³/mol. The second-order valence-electron chi connectivity index (χ2n) is 11.6. The normalized spacial score (nSPS) is 15.3. The summed E-state index contributed by atoms with van der Waals surface area (Å²) in [7, 11) is -3.70. The minimum absolute atomic E-state index is 0.0232. The molecule has 0 saturated heterocycles. The molecule has 1 heterocycles. The topological polar surface area (TPSA) is 105 Å². The first-order valence-electron chi connectivity index (χ1n) is 15.4. The fraction of sp³-hybridized carbons (Fsp3) is 0.412. The van der Waals surface area contributed by atoms with Crippen LogP contribution >= 0.6 is 0 Å². The van der Waals surface area contributed by atoms with Crippen LogP contribution in [0.3, 0.4) is 0 Å². The molecule has 0 unspecified atom stereocenters. The molecule has 0 bridgehead atoms. The van der Waals surface area contributed by atoms with E-state index < -0.39 is 21.9 Å². The molecule has 45 heavy (non-hydrogen) atoms. The predicted octanol–water partition coefficient (Wildman–Crippen LogP) is 4.84. The van der Waals surface area contributed by atoms with E-state index in [9.17, 15) is 22.4 Å². The van der Waals surface area contributed by atoms with Gasteiger partial charge in [0.2, 0.25) is 21.8 Å². The van der Waals surface area contributed by atoms with Crippen LogP contribution in [0, 0.1) is 5.82 Å². The van der Waals surface area contributed by atoms with E-state index in [0.717, 1.165) is 37.5 Å². The number of carbonyl (C=O) groups is 2. The van der Waals surface area contributed by atoms with E-state index in [-0.39, 0.29) is 50.2 Å². The molecule has 0 aromatic heterocycles. The number of halogens is 1. The zero-order valence-electron chi connectivity index (χ0n) is 25.5. The Kier molecular flexibility index (Phi) is 10.6. The molecule has 1 atom stereocenters. The third-order valence-corrected chi connectivity index (χ3v) is 9.43. The number of ether oxygens (including phenoxy) is 2. The lowest BCUT2D eigenvalue weighted by Crippen LogP contribution is -2.52. The highest BCUT2D eigenvalue weighted by atomic mass is 32.2. The number of nitrogens with zero attached hydrogens (tertiary/aromatic N) is 2. The maximum absolute atomic E-state index is 14.9. The third kappa shape index (κ3) is 8.54. The Morgan fingerprint density at radius 2 is 1.64 bits per heavy atom. The monoisotopic (exact) mass is 637 g/mol. The van der Waals surface area contributed by atoms with E-state index in [1.165, 1.54) is 15.3 Å². The standard InChI is InChI=1S/C34H40FN3O6S/c1-45(41,42)38(28-17-18-31-32(23-28)44-21-20-43-31)19-9-16-33(39)37(24-26-12-5-8-15-29(26)35)30(22-25-10-3-2-4-11-25)34(40)36-27-13-6-7-14-27/h2-5,8,10-12,15,17-18,23,27,30H,6-7,9,13-14,16,19-22,24H2,1H3,(H,36,40)/t30-/m0/s1. The molecule has 1 aliphatic heterocycles. The quantitative estimate of drug-likeness (QED) is 0.288. The number of hydrogen-bond acceptors (Lipinski definition) is 6. The van der Waals surface area contributed by atoms with Crippen LogP contribution in [0.4, 0.5) is 10.1 Å². The zero-order chi connectivity index (χ0) is 31.8. The van der Waals surface area contributed by atoms with Gasteiger partial charge in [-0.2, -0.15) is 0 Å². The van der Waals surface area contributed by atoms with Crippen molar-refractivity contribution in [2.24, 2.45) is 0 Å². The van der Waals surface area contributed by atoms with Crippen LogP contribution in [-0.2, 0) is 32.6 Å². The summed E-state index contributed by atoms with van der Waals surface area (Å²) in [5.41, 5.74) is 1.57. The van der Waals surface area contributed by atoms with Crippen molar-refractivity contribution in [2.75, 3.05) is 30.3 Å². The van der Waals surface area contributed by atoms with Gasteiger partial charge >= 0.3 is 0 Å². The van der Waals surface area contributed by atoms with Crippen LogP contribution in [0.1, 0.15) is 49.7 Å². The molecule has 240 valence electrons. The Balaban J connectivity index is 1.38. The second kappa shape index (κ2) is 14.8. The van der Waals surface area contributed by atoms with Crippen molar-refractivity contribution in [3.8, 4) is 11.5 Å². The summed E-state index contributed by atoms with van der Waals surface area (Å²) in [6.07, 6.45) is 5.33. The highest BCUT2D eigenvalue weighted by Gasteiger charge is 2.33. The molecule has 1 fully saturated rings. The van der Waals surface area contributed by atoms with E-state index in [1.807, 2.05) is 30.3 Å². The highest BCUT2D eigenvalue weighted by molar-refractivity contribution is 7.92. The minimum Gasteiger partial charge on any atom is -0.486 e. The lowest BCUT2D eigenvalue weighted by molar-refractivity contribution is -0.141. The molecule has 9 nitrogen and oxygen atoms in total. The Morgan fingerprint density at radius 3 is 2.36 bits per heavy atom. The Bertz CT molecular complexity index is 1580. The van der Waals surface area contributed by atoms with Crippen molar-refractivity contribution >= 4 is 27.5 Å². The Morgan fingerprint density at radius 1 is 0.956 bits per heavy atom. The summed E-state index contributed by atoms with van der Waals surface area (Å²) >= 11 is 0. The second-order valence-corrected chi connectivity index (χ2v) is 13.5. The molecule has 0 spiro atoms. The number of carbonyl (C=O) groups excluding carboxylic acids is 2. The summed E-state index contributed by atoms with van der Waals surface area (Å²) < 4.78 is 53.0. The smallest absolute Gasteiger partial charge is 0.243 e. The molecule has 2 aliphatic rings. The minimum atomic E-state index is -3.70. The van der Waals surface area contributed by atoms with E-state index in [0.29, 0.717) is 36.0 Å². The summed E-state index contributed by atoms with van der Waals surface area (Å²) in [6, 6.07) is 19.7. The van der Waals surface area contributed by atoms with Crippen molar-refractivity contribution in [3.05, 3.63) is 89.7 Å². The fourth-order valence-electron chi connectivity index (χ4n) is 5.92. The molecule has 1 saturated carbocycles. The molecule has 2 amide bonds. The maximum Gasteiger partial charge on any atom is 0.243 e. The Hall–Kier alpha value is -4.12. The summed E-state index contributed by atoms with van der Waals surface area (Å²) in [5, 5.41) is 3.14. The fourth-order valence-corrected chi connectivity index (χ4v) is 6.88. The molecule has 1 N–H and O–H groups in total. The summed E-state index contributed by atoms with van der Waals surface area (Å²) in [6.45, 7) is 0.701. The molecular formula is C34H40FN3O6S. The number of anilines is 1. The number of amides is 2. The first kappa shape index (κ1) is 32.3. The first-order valence-corrected chi connectivity index (χ1v) is 17.3. The van der Waals surface area contributed by atoms with Gasteiger partial charge in [0.15, 0.2) is 11.5 Å². The average Bonchev–Trinajstić information content (AvgIpc) is 3.54. The van der Waals surface area contributed by atoms with Crippen molar-refractivity contribution in [1.29, 1.82) is 0 Å². The molecule has 0 radical (unpaired) electrons. The lowest BCUT2D eigenvalue weighted by Gasteiger charge is -2.33. The lowest BCUT2D eigenvalue weighted by atomic mass is 10.0. The van der Waals surface area contributed by atoms with Gasteiger partial charge in [-0.1, -0.05) is 61.4 Å². The summed E-state index contributed by atoms with van der Waals surface area (Å²) in [4.78, 5) is 29.3. The summed E-state index contributed by atoms with van der Waals surface area (Å²) in [5.74, 6) is -0.109. The Labute approximate surface area is 264 Å². The van der Waals surface area contributed by atoms with E-state index in [2.05, 4.69) is 5.32 Å². The molecule has 11 heteroatoms. The number of nitrogens with one attached hydrogen (secondary N) is 1. The van der Waals surface area contributed by atoms with Crippen LogP contribution < -0.4 is 19.1 Å². The van der Waals surface area contributed by atoms with Crippen molar-refractivity contribution in [2.45, 2.75) is 63.6 Å². The number of rotatable bonds is 13. The highest BCUT2D eigenvalue weighted by Crippen LogP contribution is 2.35. The van der Waals surface area contributed by atoms with E-state index in [1.54, 1.807) is 36.4 Å². The van der Waals surface area contributed by atoms with Gasteiger partial charge < -0.3 is 19.7 Å². The largest absolute Gasteiger partial charge is 0.486 e. The van der Waals surface area contributed by atoms with E-state index in [4.69, 9.17) is 9.47 Å². The van der Waals surface area contributed by atoms with Gasteiger partial charge in [-0.25, -0.2) is 12.8 Å². The third-order valence-electron chi connectivity index (χ3n) is 8.24. The number of benzene rings is 3. The molecule has 3 aromatic carbocycles. The van der Waals surface area contributed by atoms with Crippen molar-refractivity contribution in [1.82, 2.24) is 10.2 Å². The van der Waals surface area contributed by atoms with Crippen LogP contribution in [0.15, 0.2) is 72.8 Å². The molecular weight excluding hydrogens is 597 g/mol. The molecule has 5 rings (SSSR count). The average molecular weight is 638 g/mol. The van der Waals surface area contributed by atoms with Gasteiger partial charge in [0.05, 0.1) is 11.9 Å². The first-order chi connectivity index (χ1) is 21.7. The van der Waals surface area contributed by atoms with Crippen LogP contribution in [0.25, 0.3) is 0 Å². The van der Waals surface area contributed by atoms with Crippen LogP contribution in [0.2, 0.25) is 0 Å². The van der Waals surface area contributed by atoms with Gasteiger partial charge in [-0.3, -0.25) is 13.9 Å². The van der Waals surface area contributed by atoms with E-state index >= 15 is 0 Å². The van der Waals surface area contributed by atoms with Crippen molar-refractivity contribution < 1.29 is 31.9 Å². The SMILES string of the molecule is CS(=O)(=O)N(CCCC(=O)N(Cc1ccccc1F)[C@@H](Cc1ccccc1)C(=O)NC1CCCC1)c1ccc2c(c1)OCCO2.